The smallest absolute Gasteiger partial charge is 0.342 e. The van der Waals surface area contributed by atoms with Crippen LogP contribution in [0.4, 0.5) is 0 Å². The number of rotatable bonds is 5. The van der Waals surface area contributed by atoms with Crippen molar-refractivity contribution in [3.8, 4) is 17.2 Å². The van der Waals surface area contributed by atoms with Gasteiger partial charge in [0.2, 0.25) is 6.79 Å². The number of hydrogen-bond acceptors (Lipinski definition) is 6. The van der Waals surface area contributed by atoms with E-state index in [2.05, 4.69) is 0 Å². The zero-order valence-corrected chi connectivity index (χ0v) is 17.8. The number of fused-ring (bicyclic) bond motifs is 1. The fraction of sp³-hybridized carbons (Fsp3) is 0.192. The summed E-state index contributed by atoms with van der Waals surface area (Å²) in [6.07, 6.45) is 0.332. The van der Waals surface area contributed by atoms with E-state index in [0.717, 1.165) is 11.1 Å². The van der Waals surface area contributed by atoms with Crippen molar-refractivity contribution in [2.75, 3.05) is 13.9 Å². The molecule has 0 aliphatic carbocycles. The van der Waals surface area contributed by atoms with Gasteiger partial charge < -0.3 is 24.1 Å². The topological polar surface area (TPSA) is 74.2 Å². The molecule has 0 saturated heterocycles. The van der Waals surface area contributed by atoms with E-state index < -0.39 is 11.8 Å². The van der Waals surface area contributed by atoms with Gasteiger partial charge in [0.25, 0.3) is 5.79 Å². The van der Waals surface area contributed by atoms with Crippen molar-refractivity contribution in [3.05, 3.63) is 94.6 Å². The van der Waals surface area contributed by atoms with Gasteiger partial charge in [0.1, 0.15) is 5.75 Å². The van der Waals surface area contributed by atoms with Crippen LogP contribution in [-0.2, 0) is 21.7 Å². The summed E-state index contributed by atoms with van der Waals surface area (Å²) in [5, 5.41) is 11.7. The van der Waals surface area contributed by atoms with Crippen LogP contribution in [0.15, 0.2) is 72.3 Å². The van der Waals surface area contributed by atoms with Gasteiger partial charge in [-0.2, -0.15) is 0 Å². The summed E-state index contributed by atoms with van der Waals surface area (Å²) in [6, 6.07) is 20.1. The molecule has 0 aromatic heterocycles. The summed E-state index contributed by atoms with van der Waals surface area (Å²) < 4.78 is 21.7. The van der Waals surface area contributed by atoms with Crippen LogP contribution in [0.5, 0.6) is 17.2 Å². The number of esters is 1. The first-order chi connectivity index (χ1) is 15.5. The SMILES string of the molecule is COc1ccc(C2(O)OC(=O)C(c3ccc4c(c3)OCO4)=C2Cc2ccc(C)cc2)cc1. The molecule has 2 aliphatic heterocycles. The van der Waals surface area contributed by atoms with Crippen molar-refractivity contribution in [2.24, 2.45) is 0 Å². The number of ether oxygens (including phenoxy) is 4. The van der Waals surface area contributed by atoms with Gasteiger partial charge in [0, 0.05) is 17.6 Å². The molecular formula is C26H22O6. The van der Waals surface area contributed by atoms with Gasteiger partial charge >= 0.3 is 5.97 Å². The molecule has 3 aromatic carbocycles. The molecule has 0 spiro atoms. The van der Waals surface area contributed by atoms with Crippen LogP contribution in [0.1, 0.15) is 22.3 Å². The third-order valence-corrected chi connectivity index (χ3v) is 5.80. The minimum absolute atomic E-state index is 0.133. The molecule has 0 saturated carbocycles. The second kappa shape index (κ2) is 7.73. The summed E-state index contributed by atoms with van der Waals surface area (Å²) in [7, 11) is 1.57. The summed E-state index contributed by atoms with van der Waals surface area (Å²) in [6.45, 7) is 2.14. The number of aryl methyl sites for hydroxylation is 1. The molecule has 162 valence electrons. The first-order valence-electron chi connectivity index (χ1n) is 10.3. The number of carbonyl (C=O) groups excluding carboxylic acids is 1. The molecule has 0 radical (unpaired) electrons. The fourth-order valence-corrected chi connectivity index (χ4v) is 4.05. The first kappa shape index (κ1) is 20.2. The van der Waals surface area contributed by atoms with Crippen LogP contribution in [0, 0.1) is 6.92 Å². The highest BCUT2D eigenvalue weighted by molar-refractivity contribution is 6.20. The molecule has 6 nitrogen and oxygen atoms in total. The zero-order valence-electron chi connectivity index (χ0n) is 17.8. The van der Waals surface area contributed by atoms with Crippen molar-refractivity contribution >= 4 is 11.5 Å². The highest BCUT2D eigenvalue weighted by Crippen LogP contribution is 2.46. The predicted octanol–water partition coefficient (Wildman–Crippen LogP) is 4.13. The summed E-state index contributed by atoms with van der Waals surface area (Å²) >= 11 is 0. The summed E-state index contributed by atoms with van der Waals surface area (Å²) in [5.41, 5.74) is 3.92. The van der Waals surface area contributed by atoms with Crippen LogP contribution in [0.2, 0.25) is 0 Å². The highest BCUT2D eigenvalue weighted by atomic mass is 16.7. The molecular weight excluding hydrogens is 408 g/mol. The fourth-order valence-electron chi connectivity index (χ4n) is 4.05. The Hall–Kier alpha value is -3.77. The predicted molar refractivity (Wildman–Crippen MR) is 117 cm³/mol. The molecule has 1 unspecified atom stereocenters. The van der Waals surface area contributed by atoms with Crippen molar-refractivity contribution in [3.63, 3.8) is 0 Å². The third-order valence-electron chi connectivity index (χ3n) is 5.80. The van der Waals surface area contributed by atoms with Crippen LogP contribution >= 0.6 is 0 Å². The molecule has 2 aliphatic rings. The van der Waals surface area contributed by atoms with Gasteiger partial charge in [-0.05, 0) is 54.4 Å². The highest BCUT2D eigenvalue weighted by Gasteiger charge is 2.48. The molecule has 1 atom stereocenters. The van der Waals surface area contributed by atoms with Crippen molar-refractivity contribution < 1.29 is 28.8 Å². The standard InChI is InChI=1S/C26H22O6/c1-16-3-5-17(6-4-16)13-21-24(18-7-12-22-23(14-18)31-15-30-22)25(27)32-26(21,28)19-8-10-20(29-2)11-9-19/h3-12,14,28H,13,15H2,1-2H3. The van der Waals surface area contributed by atoms with Gasteiger partial charge in [-0.25, -0.2) is 4.79 Å². The summed E-state index contributed by atoms with van der Waals surface area (Å²) in [4.78, 5) is 13.1. The van der Waals surface area contributed by atoms with Gasteiger partial charge in [-0.1, -0.05) is 35.9 Å². The van der Waals surface area contributed by atoms with Gasteiger partial charge in [0.15, 0.2) is 11.5 Å². The lowest BCUT2D eigenvalue weighted by Gasteiger charge is -2.26. The van der Waals surface area contributed by atoms with E-state index in [1.54, 1.807) is 49.6 Å². The number of carbonyl (C=O) groups is 1. The number of aliphatic hydroxyl groups is 1. The van der Waals surface area contributed by atoms with Gasteiger partial charge in [0.05, 0.1) is 12.7 Å². The van der Waals surface area contributed by atoms with Crippen molar-refractivity contribution in [1.29, 1.82) is 0 Å². The van der Waals surface area contributed by atoms with Crippen LogP contribution in [-0.4, -0.2) is 25.0 Å². The molecule has 1 N–H and O–H groups in total. The van der Waals surface area contributed by atoms with E-state index in [1.807, 2.05) is 31.2 Å². The maximum absolute atomic E-state index is 13.1. The van der Waals surface area contributed by atoms with Gasteiger partial charge in [-0.3, -0.25) is 0 Å². The number of benzene rings is 3. The van der Waals surface area contributed by atoms with Crippen LogP contribution in [0.3, 0.4) is 0 Å². The average molecular weight is 430 g/mol. The number of methoxy groups -OCH3 is 1. The molecule has 0 bridgehead atoms. The second-order valence-electron chi connectivity index (χ2n) is 7.85. The molecule has 6 heteroatoms. The molecule has 5 rings (SSSR count). The maximum Gasteiger partial charge on any atom is 0.342 e. The van der Waals surface area contributed by atoms with E-state index in [1.165, 1.54) is 0 Å². The van der Waals surface area contributed by atoms with Crippen LogP contribution < -0.4 is 14.2 Å². The Morgan fingerprint density at radius 2 is 1.69 bits per heavy atom. The lowest BCUT2D eigenvalue weighted by molar-refractivity contribution is -0.185. The van der Waals surface area contributed by atoms with E-state index in [-0.39, 0.29) is 6.79 Å². The molecule has 0 fully saturated rings. The van der Waals surface area contributed by atoms with Crippen molar-refractivity contribution in [1.82, 2.24) is 0 Å². The maximum atomic E-state index is 13.1. The number of cyclic esters (lactones) is 1. The third kappa shape index (κ3) is 3.39. The van der Waals surface area contributed by atoms with E-state index in [4.69, 9.17) is 18.9 Å². The Balaban J connectivity index is 1.66. The van der Waals surface area contributed by atoms with E-state index in [9.17, 15) is 9.90 Å². The quantitative estimate of drug-likeness (QED) is 0.614. The Morgan fingerprint density at radius 3 is 2.41 bits per heavy atom. The molecule has 3 aromatic rings. The largest absolute Gasteiger partial charge is 0.497 e. The lowest BCUT2D eigenvalue weighted by Crippen LogP contribution is -2.29. The monoisotopic (exact) mass is 430 g/mol. The Morgan fingerprint density at radius 1 is 0.969 bits per heavy atom. The zero-order chi connectivity index (χ0) is 22.3. The second-order valence-corrected chi connectivity index (χ2v) is 7.85. The first-order valence-corrected chi connectivity index (χ1v) is 10.3. The molecule has 32 heavy (non-hydrogen) atoms. The van der Waals surface area contributed by atoms with E-state index in [0.29, 0.717) is 45.9 Å². The van der Waals surface area contributed by atoms with E-state index >= 15 is 0 Å². The minimum Gasteiger partial charge on any atom is -0.497 e. The molecule has 2 heterocycles. The Kier molecular flexibility index (Phi) is 4.87. The van der Waals surface area contributed by atoms with Crippen LogP contribution in [0.25, 0.3) is 5.57 Å². The van der Waals surface area contributed by atoms with Gasteiger partial charge in [-0.15, -0.1) is 0 Å². The Bertz CT molecular complexity index is 1210. The molecule has 0 amide bonds. The Labute approximate surface area is 185 Å². The average Bonchev–Trinajstić information content (AvgIpc) is 3.37. The minimum atomic E-state index is -1.90. The van der Waals surface area contributed by atoms with Crippen molar-refractivity contribution in [2.45, 2.75) is 19.1 Å². The number of hydrogen-bond donors (Lipinski definition) is 1. The summed E-state index contributed by atoms with van der Waals surface area (Å²) in [5.74, 6) is -0.686. The normalized spacial score (nSPS) is 19.3. The lowest BCUT2D eigenvalue weighted by atomic mass is 9.88.